The maximum Gasteiger partial charge on any atom is 0.354 e. The number of nitrogens with zero attached hydrogens (tertiary/aromatic N) is 2. The fourth-order valence-corrected chi connectivity index (χ4v) is 10.9. The molecule has 10 nitrogen and oxygen atoms in total. The smallest absolute Gasteiger partial charge is 0.354 e. The van der Waals surface area contributed by atoms with Crippen molar-refractivity contribution in [2.45, 2.75) is 63.8 Å². The van der Waals surface area contributed by atoms with Crippen molar-refractivity contribution in [1.82, 2.24) is 9.80 Å². The molecule has 1 aromatic carbocycles. The number of amides is 1. The predicted molar refractivity (Wildman–Crippen MR) is 142 cm³/mol. The molecular formula is C26H40N2O8P2. The van der Waals surface area contributed by atoms with E-state index >= 15 is 0 Å². The van der Waals surface area contributed by atoms with E-state index in [4.69, 9.17) is 4.74 Å². The van der Waals surface area contributed by atoms with Crippen LogP contribution in [-0.4, -0.2) is 73.6 Å². The molecule has 1 aromatic rings. The van der Waals surface area contributed by atoms with Crippen LogP contribution >= 0.6 is 15.2 Å². The molecule has 0 spiro atoms. The topological polar surface area (TPSA) is 148 Å². The van der Waals surface area contributed by atoms with Gasteiger partial charge in [0, 0.05) is 26.2 Å². The predicted octanol–water partition coefficient (Wildman–Crippen LogP) is 3.34. The van der Waals surface area contributed by atoms with Crippen molar-refractivity contribution in [2.75, 3.05) is 32.8 Å². The number of hydrogen-bond acceptors (Lipinski definition) is 5. The van der Waals surface area contributed by atoms with E-state index in [1.165, 1.54) is 48.1 Å². The summed E-state index contributed by atoms with van der Waals surface area (Å²) in [6.45, 7) is 4.89. The highest BCUT2D eigenvalue weighted by molar-refractivity contribution is 7.70. The van der Waals surface area contributed by atoms with Crippen LogP contribution in [0.5, 0.6) is 5.75 Å². The van der Waals surface area contributed by atoms with Crippen LogP contribution in [0.4, 0.5) is 0 Å². The quantitative estimate of drug-likeness (QED) is 0.378. The van der Waals surface area contributed by atoms with Crippen LogP contribution in [0.15, 0.2) is 18.2 Å². The molecule has 0 unspecified atom stereocenters. The number of aryl methyl sites for hydroxylation is 1. The maximum absolute atomic E-state index is 12.8. The minimum Gasteiger partial charge on any atom is -0.484 e. The van der Waals surface area contributed by atoms with E-state index < -0.39 is 20.7 Å². The third-order valence-electron chi connectivity index (χ3n) is 10.1. The summed E-state index contributed by atoms with van der Waals surface area (Å²) in [7, 11) is -10.1. The largest absolute Gasteiger partial charge is 0.484 e. The summed E-state index contributed by atoms with van der Waals surface area (Å²) in [6.07, 6.45) is 7.48. The highest BCUT2D eigenvalue weighted by atomic mass is 31.2. The number of rotatable bonds is 6. The van der Waals surface area contributed by atoms with Crippen molar-refractivity contribution in [3.8, 4) is 5.75 Å². The lowest BCUT2D eigenvalue weighted by Gasteiger charge is -2.50. The first-order valence-electron chi connectivity index (χ1n) is 13.7. The van der Waals surface area contributed by atoms with Crippen molar-refractivity contribution in [1.29, 1.82) is 0 Å². The second-order valence-corrected chi connectivity index (χ2v) is 15.8. The van der Waals surface area contributed by atoms with E-state index in [0.717, 1.165) is 29.1 Å². The highest BCUT2D eigenvalue weighted by Gasteiger charge is 2.53. The van der Waals surface area contributed by atoms with Gasteiger partial charge in [-0.15, -0.1) is 0 Å². The Balaban J connectivity index is 1.17. The Morgan fingerprint density at radius 3 is 2.39 bits per heavy atom. The van der Waals surface area contributed by atoms with Gasteiger partial charge >= 0.3 is 15.2 Å². The summed E-state index contributed by atoms with van der Waals surface area (Å²) in [4.78, 5) is 53.1. The first-order valence-corrected chi connectivity index (χ1v) is 17.0. The highest BCUT2D eigenvalue weighted by Crippen LogP contribution is 2.63. The summed E-state index contributed by atoms with van der Waals surface area (Å²) in [5.41, 5.74) is 1.07. The molecule has 0 radical (unpaired) electrons. The molecule has 38 heavy (non-hydrogen) atoms. The molecule has 5 rings (SSSR count). The molecule has 5 atom stereocenters. The van der Waals surface area contributed by atoms with Gasteiger partial charge in [0.2, 0.25) is 5.52 Å². The second-order valence-electron chi connectivity index (χ2n) is 12.0. The van der Waals surface area contributed by atoms with Crippen LogP contribution in [0, 0.1) is 23.2 Å². The first kappa shape index (κ1) is 28.3. The van der Waals surface area contributed by atoms with Crippen LogP contribution in [-0.2, 0) is 20.3 Å². The Labute approximate surface area is 224 Å². The number of ether oxygens (including phenoxy) is 1. The molecule has 1 saturated heterocycles. The number of carbonyl (C=O) groups excluding carboxylic acids is 1. The van der Waals surface area contributed by atoms with E-state index in [0.29, 0.717) is 17.1 Å². The average molecular weight is 571 g/mol. The summed E-state index contributed by atoms with van der Waals surface area (Å²) in [6, 6.07) is 6.23. The Hall–Kier alpha value is -1.25. The van der Waals surface area contributed by atoms with Crippen LogP contribution in [0.2, 0.25) is 0 Å². The minimum atomic E-state index is -5.06. The van der Waals surface area contributed by atoms with E-state index in [-0.39, 0.29) is 38.7 Å². The molecule has 1 heterocycles. The third kappa shape index (κ3) is 5.26. The molecule has 0 aromatic heterocycles. The van der Waals surface area contributed by atoms with Crippen LogP contribution in [0.25, 0.3) is 0 Å². The van der Waals surface area contributed by atoms with Crippen LogP contribution in [0.3, 0.4) is 0 Å². The van der Waals surface area contributed by atoms with Gasteiger partial charge in [-0.05, 0) is 90.9 Å². The normalized spacial score (nSPS) is 32.0. The van der Waals surface area contributed by atoms with E-state index in [9.17, 15) is 33.5 Å². The van der Waals surface area contributed by atoms with Crippen LogP contribution in [0.1, 0.15) is 63.0 Å². The Morgan fingerprint density at radius 1 is 1.05 bits per heavy atom. The van der Waals surface area contributed by atoms with Gasteiger partial charge in [0.15, 0.2) is 6.61 Å². The number of hydrogen-bond donors (Lipinski definition) is 4. The Kier molecular flexibility index (Phi) is 7.66. The Bertz CT molecular complexity index is 1140. The van der Waals surface area contributed by atoms with Gasteiger partial charge in [-0.2, -0.15) is 0 Å². The van der Waals surface area contributed by atoms with Crippen LogP contribution < -0.4 is 4.74 Å². The lowest BCUT2D eigenvalue weighted by atomic mass is 9.54. The SMILES string of the molecule is C[C@H]1CC[C@H]2[C@@H]3CCc4cc(OCC(=O)N5CCN(C(P(=O)(O)O)P(=O)(O)O)CC5)ccc4[C@H]3CC[C@]12C. The first-order chi connectivity index (χ1) is 17.8. The lowest BCUT2D eigenvalue weighted by molar-refractivity contribution is -0.135. The molecule has 3 aliphatic carbocycles. The standard InChI is InChI=1S/C26H40N2O8P2/c1-17-3-8-23-22-6-4-18-15-19(5-7-20(18)21(22)9-10-26(17,23)2)36-16-24(29)27-11-13-28(14-12-27)25(37(30,31)32)38(33,34)35/h5,7,15,17,21-23,25H,3-4,6,8-14,16H2,1-2H3,(H2,30,31,32)(H2,33,34,35)/t17-,21+,22+,23-,26+/m0/s1. The van der Waals surface area contributed by atoms with E-state index in [1.54, 1.807) is 0 Å². The molecule has 2 saturated carbocycles. The van der Waals surface area contributed by atoms with Gasteiger partial charge in [0.25, 0.3) is 5.91 Å². The van der Waals surface area contributed by atoms with Gasteiger partial charge < -0.3 is 29.2 Å². The molecule has 1 amide bonds. The average Bonchev–Trinajstić information content (AvgIpc) is 3.15. The van der Waals surface area contributed by atoms with Crippen molar-refractivity contribution >= 4 is 21.1 Å². The fraction of sp³-hybridized carbons (Fsp3) is 0.731. The summed E-state index contributed by atoms with van der Waals surface area (Å²) in [5, 5.41) is 0. The number of fused-ring (bicyclic) bond motifs is 5. The molecule has 4 aliphatic rings. The number of benzene rings is 1. The van der Waals surface area contributed by atoms with Gasteiger partial charge in [-0.1, -0.05) is 19.9 Å². The van der Waals surface area contributed by atoms with Crippen molar-refractivity contribution in [2.24, 2.45) is 23.2 Å². The maximum atomic E-state index is 12.8. The zero-order valence-electron chi connectivity index (χ0n) is 22.1. The summed E-state index contributed by atoms with van der Waals surface area (Å²) in [5.74, 6) is 3.38. The fourth-order valence-electron chi connectivity index (χ4n) is 7.97. The summed E-state index contributed by atoms with van der Waals surface area (Å²) < 4.78 is 29.2. The van der Waals surface area contributed by atoms with Gasteiger partial charge in [-0.3, -0.25) is 18.8 Å². The number of piperazine rings is 1. The minimum absolute atomic E-state index is 0.0488. The number of carbonyl (C=O) groups is 1. The van der Waals surface area contributed by atoms with Crippen molar-refractivity contribution in [3.63, 3.8) is 0 Å². The Morgan fingerprint density at radius 2 is 1.74 bits per heavy atom. The molecule has 1 aliphatic heterocycles. The summed E-state index contributed by atoms with van der Waals surface area (Å²) >= 11 is 0. The monoisotopic (exact) mass is 570 g/mol. The van der Waals surface area contributed by atoms with E-state index in [2.05, 4.69) is 26.0 Å². The zero-order chi connectivity index (χ0) is 27.5. The third-order valence-corrected chi connectivity index (χ3v) is 13.8. The van der Waals surface area contributed by atoms with Gasteiger partial charge in [-0.25, -0.2) is 0 Å². The van der Waals surface area contributed by atoms with Gasteiger partial charge in [0.1, 0.15) is 5.75 Å². The molecule has 12 heteroatoms. The molecule has 3 fully saturated rings. The van der Waals surface area contributed by atoms with Gasteiger partial charge in [0.05, 0.1) is 0 Å². The molecular weight excluding hydrogens is 530 g/mol. The van der Waals surface area contributed by atoms with Crippen molar-refractivity contribution < 1.29 is 38.2 Å². The molecule has 212 valence electrons. The molecule has 4 N–H and O–H groups in total. The van der Waals surface area contributed by atoms with Crippen molar-refractivity contribution in [3.05, 3.63) is 29.3 Å². The zero-order valence-corrected chi connectivity index (χ0v) is 23.9. The molecule has 0 bridgehead atoms. The lowest BCUT2D eigenvalue weighted by Crippen LogP contribution is -2.52. The van der Waals surface area contributed by atoms with E-state index in [1.807, 2.05) is 6.07 Å². The second kappa shape index (κ2) is 10.3.